The highest BCUT2D eigenvalue weighted by molar-refractivity contribution is 14.1. The van der Waals surface area contributed by atoms with Crippen LogP contribution in [0.15, 0.2) is 54.6 Å². The van der Waals surface area contributed by atoms with Crippen molar-refractivity contribution in [3.63, 3.8) is 0 Å². The molecule has 2 aromatic rings. The number of carbonyl (C=O) groups excluding carboxylic acids is 3. The van der Waals surface area contributed by atoms with Crippen LogP contribution < -0.4 is 10.6 Å². The van der Waals surface area contributed by atoms with Crippen molar-refractivity contribution in [1.82, 2.24) is 10.6 Å². The van der Waals surface area contributed by atoms with Gasteiger partial charge in [0.2, 0.25) is 11.8 Å². The molecule has 0 aliphatic carbocycles. The molecule has 0 saturated heterocycles. The quantitative estimate of drug-likeness (QED) is 0.403. The van der Waals surface area contributed by atoms with Gasteiger partial charge in [0.1, 0.15) is 6.04 Å². The first-order chi connectivity index (χ1) is 13.9. The van der Waals surface area contributed by atoms with Gasteiger partial charge in [0.25, 0.3) is 0 Å². The number of hydrogen-bond donors (Lipinski definition) is 2. The number of halogens is 1. The Labute approximate surface area is 184 Å². The lowest BCUT2D eigenvalue weighted by molar-refractivity contribution is -0.145. The number of amides is 2. The topological polar surface area (TPSA) is 84.5 Å². The number of rotatable bonds is 9. The summed E-state index contributed by atoms with van der Waals surface area (Å²) in [5.41, 5.74) is 1.91. The summed E-state index contributed by atoms with van der Waals surface area (Å²) in [4.78, 5) is 36.5. The van der Waals surface area contributed by atoms with Gasteiger partial charge in [0.05, 0.1) is 13.2 Å². The van der Waals surface area contributed by atoms with Crippen LogP contribution in [-0.2, 0) is 25.5 Å². The maximum Gasteiger partial charge on any atom is 0.328 e. The van der Waals surface area contributed by atoms with Crippen LogP contribution in [0.4, 0.5) is 0 Å². The fourth-order valence-electron chi connectivity index (χ4n) is 2.87. The molecule has 0 radical (unpaired) electrons. The SMILES string of the molecule is COC(=O)[C@@H](Cc1cccc(I)c1)NC(=O)CCC(=O)N[C@H](C)c1ccccc1. The molecule has 0 spiro atoms. The zero-order chi connectivity index (χ0) is 21.2. The number of ether oxygens (including phenoxy) is 1. The second kappa shape index (κ2) is 11.5. The van der Waals surface area contributed by atoms with E-state index in [0.29, 0.717) is 6.42 Å². The van der Waals surface area contributed by atoms with E-state index in [4.69, 9.17) is 4.74 Å². The lowest BCUT2D eigenvalue weighted by atomic mass is 10.1. The van der Waals surface area contributed by atoms with Crippen LogP contribution in [0, 0.1) is 3.57 Å². The molecular formula is C22H25IN2O4. The Bertz CT molecular complexity index is 842. The molecule has 2 atom stereocenters. The summed E-state index contributed by atoms with van der Waals surface area (Å²) in [5, 5.41) is 5.55. The molecule has 2 aromatic carbocycles. The molecule has 154 valence electrons. The predicted octanol–water partition coefficient (Wildman–Crippen LogP) is 3.15. The van der Waals surface area contributed by atoms with E-state index in [1.807, 2.05) is 61.5 Å². The van der Waals surface area contributed by atoms with Gasteiger partial charge in [-0.25, -0.2) is 4.79 Å². The minimum Gasteiger partial charge on any atom is -0.467 e. The highest BCUT2D eigenvalue weighted by atomic mass is 127. The molecular weight excluding hydrogens is 483 g/mol. The third-order valence-corrected chi connectivity index (χ3v) is 5.08. The monoisotopic (exact) mass is 508 g/mol. The zero-order valence-corrected chi connectivity index (χ0v) is 18.6. The van der Waals surface area contributed by atoms with E-state index in [0.717, 1.165) is 14.7 Å². The average molecular weight is 508 g/mol. The number of methoxy groups -OCH3 is 1. The standard InChI is InChI=1S/C22H25IN2O4/c1-15(17-8-4-3-5-9-17)24-20(26)11-12-21(27)25-19(22(28)29-2)14-16-7-6-10-18(23)13-16/h3-10,13,15,19H,11-12,14H2,1-2H3,(H,24,26)(H,25,27)/t15-,19-/m1/s1. The highest BCUT2D eigenvalue weighted by Crippen LogP contribution is 2.12. The summed E-state index contributed by atoms with van der Waals surface area (Å²) in [5.74, 6) is -1.10. The van der Waals surface area contributed by atoms with Crippen LogP contribution in [0.2, 0.25) is 0 Å². The molecule has 0 saturated carbocycles. The molecule has 7 heteroatoms. The highest BCUT2D eigenvalue weighted by Gasteiger charge is 2.22. The fourth-order valence-corrected chi connectivity index (χ4v) is 3.48. The van der Waals surface area contributed by atoms with Gasteiger partial charge < -0.3 is 15.4 Å². The van der Waals surface area contributed by atoms with Crippen LogP contribution in [-0.4, -0.2) is 30.9 Å². The van der Waals surface area contributed by atoms with Crippen LogP contribution >= 0.6 is 22.6 Å². The van der Waals surface area contributed by atoms with Crippen LogP contribution in [0.25, 0.3) is 0 Å². The van der Waals surface area contributed by atoms with Gasteiger partial charge in [0, 0.05) is 22.8 Å². The van der Waals surface area contributed by atoms with Gasteiger partial charge in [-0.05, 0) is 52.8 Å². The summed E-state index contributed by atoms with van der Waals surface area (Å²) in [6.07, 6.45) is 0.361. The molecule has 2 rings (SSSR count). The van der Waals surface area contributed by atoms with E-state index in [1.165, 1.54) is 7.11 Å². The van der Waals surface area contributed by atoms with Gasteiger partial charge in [-0.2, -0.15) is 0 Å². The van der Waals surface area contributed by atoms with E-state index < -0.39 is 12.0 Å². The van der Waals surface area contributed by atoms with E-state index in [2.05, 4.69) is 33.2 Å². The van der Waals surface area contributed by atoms with Gasteiger partial charge in [-0.15, -0.1) is 0 Å². The molecule has 6 nitrogen and oxygen atoms in total. The normalized spacial score (nSPS) is 12.5. The Morgan fingerprint density at radius 2 is 1.62 bits per heavy atom. The van der Waals surface area contributed by atoms with Crippen molar-refractivity contribution in [2.75, 3.05) is 7.11 Å². The molecule has 0 aliphatic heterocycles. The summed E-state index contributed by atoms with van der Waals surface area (Å²) in [6.45, 7) is 1.89. The van der Waals surface area contributed by atoms with Crippen molar-refractivity contribution in [3.8, 4) is 0 Å². The van der Waals surface area contributed by atoms with Crippen molar-refractivity contribution in [2.24, 2.45) is 0 Å². The Morgan fingerprint density at radius 3 is 2.24 bits per heavy atom. The Balaban J connectivity index is 1.86. The Hall–Kier alpha value is -2.42. The van der Waals surface area contributed by atoms with Crippen LogP contribution in [0.1, 0.15) is 36.9 Å². The van der Waals surface area contributed by atoms with Crippen molar-refractivity contribution in [1.29, 1.82) is 0 Å². The second-order valence-electron chi connectivity index (χ2n) is 6.68. The average Bonchev–Trinajstić information content (AvgIpc) is 2.72. The molecule has 0 aromatic heterocycles. The minimum atomic E-state index is -0.794. The third-order valence-electron chi connectivity index (χ3n) is 4.41. The van der Waals surface area contributed by atoms with Crippen molar-refractivity contribution in [2.45, 2.75) is 38.3 Å². The predicted molar refractivity (Wildman–Crippen MR) is 119 cm³/mol. The van der Waals surface area contributed by atoms with Crippen molar-refractivity contribution >= 4 is 40.4 Å². The molecule has 0 unspecified atom stereocenters. The zero-order valence-electron chi connectivity index (χ0n) is 16.5. The number of hydrogen-bond acceptors (Lipinski definition) is 4. The van der Waals surface area contributed by atoms with Gasteiger partial charge >= 0.3 is 5.97 Å². The van der Waals surface area contributed by atoms with Crippen LogP contribution in [0.3, 0.4) is 0 Å². The van der Waals surface area contributed by atoms with Crippen LogP contribution in [0.5, 0.6) is 0 Å². The maximum absolute atomic E-state index is 12.3. The van der Waals surface area contributed by atoms with Crippen molar-refractivity contribution < 1.29 is 19.1 Å². The first kappa shape index (κ1) is 22.9. The lowest BCUT2D eigenvalue weighted by Gasteiger charge is -2.17. The van der Waals surface area contributed by atoms with E-state index >= 15 is 0 Å². The van der Waals surface area contributed by atoms with Crippen molar-refractivity contribution in [3.05, 3.63) is 69.3 Å². The molecule has 0 bridgehead atoms. The smallest absolute Gasteiger partial charge is 0.328 e. The third kappa shape index (κ3) is 7.84. The van der Waals surface area contributed by atoms with Gasteiger partial charge in [0.15, 0.2) is 0 Å². The minimum absolute atomic E-state index is 0.00678. The molecule has 0 aliphatic rings. The molecule has 29 heavy (non-hydrogen) atoms. The molecule has 0 fully saturated rings. The van der Waals surface area contributed by atoms with E-state index in [9.17, 15) is 14.4 Å². The van der Waals surface area contributed by atoms with Gasteiger partial charge in [-0.3, -0.25) is 9.59 Å². The summed E-state index contributed by atoms with van der Waals surface area (Å²) < 4.78 is 5.85. The molecule has 2 amide bonds. The lowest BCUT2D eigenvalue weighted by Crippen LogP contribution is -2.43. The fraction of sp³-hybridized carbons (Fsp3) is 0.318. The van der Waals surface area contributed by atoms with E-state index in [1.54, 1.807) is 0 Å². The first-order valence-corrected chi connectivity index (χ1v) is 10.4. The maximum atomic E-state index is 12.3. The number of nitrogens with one attached hydrogen (secondary N) is 2. The summed E-state index contributed by atoms with van der Waals surface area (Å²) in [6, 6.07) is 16.3. The van der Waals surface area contributed by atoms with E-state index in [-0.39, 0.29) is 30.7 Å². The first-order valence-electron chi connectivity index (χ1n) is 9.35. The Morgan fingerprint density at radius 1 is 0.966 bits per heavy atom. The number of carbonyl (C=O) groups is 3. The summed E-state index contributed by atoms with van der Waals surface area (Å²) >= 11 is 2.19. The molecule has 0 heterocycles. The number of esters is 1. The summed E-state index contributed by atoms with van der Waals surface area (Å²) in [7, 11) is 1.29. The number of benzene rings is 2. The van der Waals surface area contributed by atoms with Gasteiger partial charge in [-0.1, -0.05) is 42.5 Å². The Kier molecular flexibility index (Phi) is 9.11. The molecule has 2 N–H and O–H groups in total. The second-order valence-corrected chi connectivity index (χ2v) is 7.92. The largest absolute Gasteiger partial charge is 0.467 e.